The predicted octanol–water partition coefficient (Wildman–Crippen LogP) is 2.35. The van der Waals surface area contributed by atoms with Crippen LogP contribution in [0.25, 0.3) is 0 Å². The molecule has 0 radical (unpaired) electrons. The Morgan fingerprint density at radius 1 is 1.38 bits per heavy atom. The van der Waals surface area contributed by atoms with Crippen molar-refractivity contribution in [3.63, 3.8) is 0 Å². The van der Waals surface area contributed by atoms with Gasteiger partial charge in [-0.25, -0.2) is 0 Å². The van der Waals surface area contributed by atoms with Crippen LogP contribution in [-0.2, 0) is 13.1 Å². The van der Waals surface area contributed by atoms with E-state index in [9.17, 15) is 0 Å². The van der Waals surface area contributed by atoms with Gasteiger partial charge in [-0.1, -0.05) is 23.7 Å². The van der Waals surface area contributed by atoms with E-state index in [1.165, 1.54) is 0 Å². The molecule has 0 spiro atoms. The van der Waals surface area contributed by atoms with E-state index in [4.69, 9.17) is 17.3 Å². The maximum absolute atomic E-state index is 6.17. The third-order valence-corrected chi connectivity index (χ3v) is 2.89. The van der Waals surface area contributed by atoms with Crippen molar-refractivity contribution in [1.29, 1.82) is 0 Å². The van der Waals surface area contributed by atoms with Crippen LogP contribution in [0, 0.1) is 6.92 Å². The van der Waals surface area contributed by atoms with Gasteiger partial charge in [0.05, 0.1) is 12.2 Å². The minimum atomic E-state index is 0.490. The fraction of sp³-hybridized carbons (Fsp3) is 0.250. The highest BCUT2D eigenvalue weighted by molar-refractivity contribution is 6.31. The molecule has 0 fully saturated rings. The summed E-state index contributed by atoms with van der Waals surface area (Å²) < 4.78 is 1.87. The van der Waals surface area contributed by atoms with Crippen LogP contribution >= 0.6 is 11.6 Å². The topological polar surface area (TPSA) is 43.8 Å². The van der Waals surface area contributed by atoms with E-state index in [0.29, 0.717) is 13.1 Å². The zero-order valence-electron chi connectivity index (χ0n) is 9.15. The van der Waals surface area contributed by atoms with Crippen molar-refractivity contribution in [1.82, 2.24) is 9.78 Å². The molecule has 0 saturated carbocycles. The lowest BCUT2D eigenvalue weighted by Gasteiger charge is -2.08. The van der Waals surface area contributed by atoms with E-state index in [1.54, 1.807) is 6.20 Å². The highest BCUT2D eigenvalue weighted by Gasteiger charge is 2.05. The average molecular weight is 236 g/mol. The Morgan fingerprint density at radius 3 is 2.88 bits per heavy atom. The minimum Gasteiger partial charge on any atom is -0.325 e. The van der Waals surface area contributed by atoms with Crippen molar-refractivity contribution in [3.05, 3.63) is 52.3 Å². The van der Waals surface area contributed by atoms with Gasteiger partial charge >= 0.3 is 0 Å². The summed E-state index contributed by atoms with van der Waals surface area (Å²) in [6.07, 6.45) is 1.75. The molecular weight excluding hydrogens is 222 g/mol. The molecule has 0 aliphatic carbocycles. The van der Waals surface area contributed by atoms with E-state index in [2.05, 4.69) is 5.10 Å². The third kappa shape index (κ3) is 2.26. The highest BCUT2D eigenvalue weighted by Crippen LogP contribution is 2.18. The van der Waals surface area contributed by atoms with E-state index in [0.717, 1.165) is 21.8 Å². The van der Waals surface area contributed by atoms with Crippen LogP contribution in [0.1, 0.15) is 16.8 Å². The second kappa shape index (κ2) is 4.68. The number of nitrogens with zero attached hydrogens (tertiary/aromatic N) is 2. The number of aryl methyl sites for hydroxylation is 1. The van der Waals surface area contributed by atoms with E-state index in [-0.39, 0.29) is 0 Å². The Kier molecular flexibility index (Phi) is 3.27. The zero-order valence-corrected chi connectivity index (χ0v) is 9.91. The third-order valence-electron chi connectivity index (χ3n) is 2.54. The molecule has 0 aliphatic rings. The summed E-state index contributed by atoms with van der Waals surface area (Å²) in [6, 6.07) is 7.96. The Bertz CT molecular complexity index is 491. The van der Waals surface area contributed by atoms with Crippen molar-refractivity contribution < 1.29 is 0 Å². The molecule has 0 atom stereocenters. The van der Waals surface area contributed by atoms with Gasteiger partial charge in [0.2, 0.25) is 0 Å². The molecule has 0 bridgehead atoms. The lowest BCUT2D eigenvalue weighted by Crippen LogP contribution is -2.10. The maximum atomic E-state index is 6.17. The normalized spacial score (nSPS) is 10.7. The first-order valence-corrected chi connectivity index (χ1v) is 5.54. The Balaban J connectivity index is 2.27. The standard InChI is InChI=1S/C12H14ClN3/c1-9-2-3-10(12(13)6-9)8-16-11(7-14)4-5-15-16/h2-6H,7-8,14H2,1H3. The Morgan fingerprint density at radius 2 is 2.19 bits per heavy atom. The molecule has 2 N–H and O–H groups in total. The quantitative estimate of drug-likeness (QED) is 0.888. The van der Waals surface area contributed by atoms with Crippen molar-refractivity contribution in [2.75, 3.05) is 0 Å². The zero-order chi connectivity index (χ0) is 11.5. The number of nitrogens with two attached hydrogens (primary N) is 1. The van der Waals surface area contributed by atoms with Gasteiger partial charge in [0, 0.05) is 17.8 Å². The number of benzene rings is 1. The number of rotatable bonds is 3. The molecule has 2 aromatic rings. The molecule has 0 amide bonds. The van der Waals surface area contributed by atoms with E-state index >= 15 is 0 Å². The van der Waals surface area contributed by atoms with Gasteiger partial charge in [0.15, 0.2) is 0 Å². The molecule has 0 aliphatic heterocycles. The monoisotopic (exact) mass is 235 g/mol. The summed E-state index contributed by atoms with van der Waals surface area (Å²) in [7, 11) is 0. The fourth-order valence-corrected chi connectivity index (χ4v) is 1.91. The molecule has 1 heterocycles. The van der Waals surface area contributed by atoms with Crippen LogP contribution in [0.4, 0.5) is 0 Å². The van der Waals surface area contributed by atoms with Crippen molar-refractivity contribution >= 4 is 11.6 Å². The van der Waals surface area contributed by atoms with E-state index < -0.39 is 0 Å². The van der Waals surface area contributed by atoms with Gasteiger partial charge in [0.25, 0.3) is 0 Å². The average Bonchev–Trinajstić information content (AvgIpc) is 2.69. The number of hydrogen-bond acceptors (Lipinski definition) is 2. The number of hydrogen-bond donors (Lipinski definition) is 1. The molecule has 1 aromatic carbocycles. The molecular formula is C12H14ClN3. The van der Waals surface area contributed by atoms with Gasteiger partial charge in [-0.2, -0.15) is 5.10 Å². The van der Waals surface area contributed by atoms with Crippen LogP contribution in [0.2, 0.25) is 5.02 Å². The summed E-state index contributed by atoms with van der Waals surface area (Å²) in [6.45, 7) is 3.18. The number of aromatic nitrogens is 2. The predicted molar refractivity (Wildman–Crippen MR) is 65.4 cm³/mol. The fourth-order valence-electron chi connectivity index (χ4n) is 1.62. The lowest BCUT2D eigenvalue weighted by molar-refractivity contribution is 0.646. The second-order valence-corrected chi connectivity index (χ2v) is 4.19. The summed E-state index contributed by atoms with van der Waals surface area (Å²) >= 11 is 6.17. The SMILES string of the molecule is Cc1ccc(Cn2nccc2CN)c(Cl)c1. The molecule has 16 heavy (non-hydrogen) atoms. The van der Waals surface area contributed by atoms with Gasteiger partial charge in [-0.15, -0.1) is 0 Å². The lowest BCUT2D eigenvalue weighted by atomic mass is 10.1. The first-order valence-electron chi connectivity index (χ1n) is 5.16. The van der Waals surface area contributed by atoms with Crippen LogP contribution < -0.4 is 5.73 Å². The molecule has 2 rings (SSSR count). The Hall–Kier alpha value is -1.32. The molecule has 3 nitrogen and oxygen atoms in total. The summed E-state index contributed by atoms with van der Waals surface area (Å²) in [5, 5.41) is 5.00. The van der Waals surface area contributed by atoms with Gasteiger partial charge in [-0.3, -0.25) is 4.68 Å². The van der Waals surface area contributed by atoms with E-state index in [1.807, 2.05) is 35.9 Å². The van der Waals surface area contributed by atoms with Gasteiger partial charge in [0.1, 0.15) is 0 Å². The summed E-state index contributed by atoms with van der Waals surface area (Å²) in [5.74, 6) is 0. The summed E-state index contributed by atoms with van der Waals surface area (Å²) in [5.41, 5.74) is 8.85. The smallest absolute Gasteiger partial charge is 0.0677 e. The molecule has 0 saturated heterocycles. The van der Waals surface area contributed by atoms with Crippen molar-refractivity contribution in [2.45, 2.75) is 20.0 Å². The number of halogens is 1. The minimum absolute atomic E-state index is 0.490. The maximum Gasteiger partial charge on any atom is 0.0677 e. The van der Waals surface area contributed by atoms with Crippen molar-refractivity contribution in [2.24, 2.45) is 5.73 Å². The molecule has 4 heteroatoms. The van der Waals surface area contributed by atoms with Crippen LogP contribution in [0.5, 0.6) is 0 Å². The van der Waals surface area contributed by atoms with Crippen LogP contribution in [0.15, 0.2) is 30.5 Å². The van der Waals surface area contributed by atoms with Crippen LogP contribution in [0.3, 0.4) is 0 Å². The second-order valence-electron chi connectivity index (χ2n) is 3.78. The van der Waals surface area contributed by atoms with Gasteiger partial charge in [-0.05, 0) is 30.2 Å². The largest absolute Gasteiger partial charge is 0.325 e. The highest BCUT2D eigenvalue weighted by atomic mass is 35.5. The molecule has 0 unspecified atom stereocenters. The van der Waals surface area contributed by atoms with Gasteiger partial charge < -0.3 is 5.73 Å². The first-order chi connectivity index (χ1) is 7.70. The van der Waals surface area contributed by atoms with Crippen LogP contribution in [-0.4, -0.2) is 9.78 Å². The molecule has 84 valence electrons. The first kappa shape index (κ1) is 11.2. The van der Waals surface area contributed by atoms with Crippen molar-refractivity contribution in [3.8, 4) is 0 Å². The molecule has 1 aromatic heterocycles. The Labute approximate surface area is 99.8 Å². The summed E-state index contributed by atoms with van der Waals surface area (Å²) in [4.78, 5) is 0.